The average Bonchev–Trinajstić information content (AvgIpc) is 3.29. The van der Waals surface area contributed by atoms with Gasteiger partial charge in [0.15, 0.2) is 0 Å². The van der Waals surface area contributed by atoms with E-state index in [0.29, 0.717) is 24.3 Å². The first-order valence-electron chi connectivity index (χ1n) is 11.9. The van der Waals surface area contributed by atoms with Crippen molar-refractivity contribution in [2.45, 2.75) is 25.8 Å². The number of carbonyl (C=O) groups excluding carboxylic acids is 1. The lowest BCUT2D eigenvalue weighted by atomic mass is 10.0. The molecule has 1 aromatic carbocycles. The van der Waals surface area contributed by atoms with Gasteiger partial charge in [-0.1, -0.05) is 24.3 Å². The fraction of sp³-hybridized carbons (Fsp3) is 0.407. The molecule has 6 nitrogen and oxygen atoms in total. The quantitative estimate of drug-likeness (QED) is 0.624. The highest BCUT2D eigenvalue weighted by molar-refractivity contribution is 5.83. The molecular weight excluding hydrogens is 410 g/mol. The molecule has 2 aromatic heterocycles. The number of pyridine rings is 1. The molecule has 2 heterocycles. The minimum atomic E-state index is 0.261. The number of aromatic nitrogens is 3. The second kappa shape index (κ2) is 7.94. The van der Waals surface area contributed by atoms with Gasteiger partial charge < -0.3 is 10.2 Å². The van der Waals surface area contributed by atoms with Gasteiger partial charge in [0.05, 0.1) is 5.69 Å². The van der Waals surface area contributed by atoms with Crippen molar-refractivity contribution in [2.24, 2.45) is 29.6 Å². The highest BCUT2D eigenvalue weighted by atomic mass is 16.2. The van der Waals surface area contributed by atoms with E-state index in [4.69, 9.17) is 4.98 Å². The zero-order valence-corrected chi connectivity index (χ0v) is 19.1. The predicted molar refractivity (Wildman–Crippen MR) is 128 cm³/mol. The van der Waals surface area contributed by atoms with Crippen LogP contribution in [0.5, 0.6) is 0 Å². The van der Waals surface area contributed by atoms with Gasteiger partial charge in [-0.3, -0.25) is 9.78 Å². The summed E-state index contributed by atoms with van der Waals surface area (Å²) in [6.45, 7) is 0.578. The van der Waals surface area contributed by atoms with Crippen LogP contribution < -0.4 is 10.2 Å². The summed E-state index contributed by atoms with van der Waals surface area (Å²) in [7, 11) is 3.88. The number of hydrogen-bond acceptors (Lipinski definition) is 5. The van der Waals surface area contributed by atoms with Crippen LogP contribution in [0.2, 0.25) is 0 Å². The Morgan fingerprint density at radius 1 is 1.00 bits per heavy atom. The molecular formula is C27H29N5O. The van der Waals surface area contributed by atoms with E-state index >= 15 is 0 Å². The molecule has 6 heteroatoms. The minimum absolute atomic E-state index is 0.261. The Labute approximate surface area is 194 Å². The first-order valence-corrected chi connectivity index (χ1v) is 11.9. The summed E-state index contributed by atoms with van der Waals surface area (Å²) in [5.41, 5.74) is 5.02. The van der Waals surface area contributed by atoms with Gasteiger partial charge in [0, 0.05) is 56.3 Å². The van der Waals surface area contributed by atoms with Crippen molar-refractivity contribution in [3.8, 4) is 22.4 Å². The Bertz CT molecular complexity index is 1160. The molecule has 1 amide bonds. The Morgan fingerprint density at radius 2 is 1.70 bits per heavy atom. The molecule has 1 N–H and O–H groups in total. The highest BCUT2D eigenvalue weighted by Gasteiger charge is 2.67. The van der Waals surface area contributed by atoms with Crippen LogP contribution in [0.25, 0.3) is 22.4 Å². The lowest BCUT2D eigenvalue weighted by Crippen LogP contribution is -2.27. The molecule has 0 radical (unpaired) electrons. The van der Waals surface area contributed by atoms with E-state index in [1.807, 2.05) is 37.3 Å². The van der Waals surface area contributed by atoms with Crippen molar-refractivity contribution < 1.29 is 4.79 Å². The van der Waals surface area contributed by atoms with E-state index in [-0.39, 0.29) is 11.8 Å². The van der Waals surface area contributed by atoms with Gasteiger partial charge in [-0.15, -0.1) is 0 Å². The molecule has 4 atom stereocenters. The maximum absolute atomic E-state index is 12.8. The summed E-state index contributed by atoms with van der Waals surface area (Å²) < 4.78 is 0. The summed E-state index contributed by atoms with van der Waals surface area (Å²) in [6, 6.07) is 12.3. The van der Waals surface area contributed by atoms with Crippen LogP contribution in [0.3, 0.4) is 0 Å². The van der Waals surface area contributed by atoms with Crippen LogP contribution in [-0.2, 0) is 11.3 Å². The number of hydrogen-bond donors (Lipinski definition) is 1. The molecule has 0 spiro atoms. The molecule has 6 rings (SSSR count). The Hall–Kier alpha value is -3.28. The van der Waals surface area contributed by atoms with E-state index in [0.717, 1.165) is 39.8 Å². The van der Waals surface area contributed by atoms with Crippen molar-refractivity contribution in [3.05, 3.63) is 60.6 Å². The zero-order valence-electron chi connectivity index (χ0n) is 19.1. The van der Waals surface area contributed by atoms with E-state index in [1.165, 1.54) is 19.3 Å². The third-order valence-electron chi connectivity index (χ3n) is 7.90. The monoisotopic (exact) mass is 439 g/mol. The predicted octanol–water partition coefficient (Wildman–Crippen LogP) is 4.18. The summed E-state index contributed by atoms with van der Waals surface area (Å²) >= 11 is 0. The van der Waals surface area contributed by atoms with E-state index in [9.17, 15) is 4.79 Å². The van der Waals surface area contributed by atoms with Crippen LogP contribution in [0, 0.1) is 29.6 Å². The van der Waals surface area contributed by atoms with Crippen molar-refractivity contribution in [3.63, 3.8) is 0 Å². The molecule has 0 unspecified atom stereocenters. The lowest BCUT2D eigenvalue weighted by molar-refractivity contribution is -0.123. The average molecular weight is 440 g/mol. The number of nitrogens with one attached hydrogen (secondary N) is 1. The van der Waals surface area contributed by atoms with Crippen molar-refractivity contribution in [1.29, 1.82) is 0 Å². The molecule has 3 aliphatic carbocycles. The summed E-state index contributed by atoms with van der Waals surface area (Å²) in [4.78, 5) is 28.1. The van der Waals surface area contributed by atoms with Gasteiger partial charge >= 0.3 is 0 Å². The van der Waals surface area contributed by atoms with Crippen LogP contribution in [0.1, 0.15) is 24.8 Å². The van der Waals surface area contributed by atoms with Crippen molar-refractivity contribution >= 4 is 11.9 Å². The third kappa shape index (κ3) is 3.58. The van der Waals surface area contributed by atoms with Crippen LogP contribution in [0.15, 0.2) is 55.0 Å². The van der Waals surface area contributed by atoms with Gasteiger partial charge in [-0.2, -0.15) is 0 Å². The topological polar surface area (TPSA) is 71.0 Å². The van der Waals surface area contributed by atoms with E-state index < -0.39 is 0 Å². The van der Waals surface area contributed by atoms with Crippen LogP contribution in [-0.4, -0.2) is 35.0 Å². The number of carbonyl (C=O) groups is 1. The van der Waals surface area contributed by atoms with Crippen molar-refractivity contribution in [1.82, 2.24) is 20.3 Å². The number of fused-ring (bicyclic) bond motifs is 5. The molecule has 0 saturated heterocycles. The molecule has 3 aliphatic rings. The van der Waals surface area contributed by atoms with Gasteiger partial charge in [-0.05, 0) is 66.2 Å². The molecule has 168 valence electrons. The van der Waals surface area contributed by atoms with E-state index in [2.05, 4.69) is 39.6 Å². The smallest absolute Gasteiger partial charge is 0.225 e. The number of benzene rings is 1. The maximum Gasteiger partial charge on any atom is 0.225 e. The van der Waals surface area contributed by atoms with Crippen LogP contribution >= 0.6 is 0 Å². The summed E-state index contributed by atoms with van der Waals surface area (Å²) in [5, 5.41) is 3.20. The SMILES string of the molecule is CN(C)c1ncc(-c2ccncc2)c(-c2ccc(CNC(=O)C3[C@H]4[C@H]5CC[C@@H](C5)[C@H]34)cc2)n1. The molecule has 3 fully saturated rings. The normalized spacial score (nSPS) is 26.7. The summed E-state index contributed by atoms with van der Waals surface area (Å²) in [6.07, 6.45) is 9.50. The molecule has 33 heavy (non-hydrogen) atoms. The van der Waals surface area contributed by atoms with Gasteiger partial charge in [0.25, 0.3) is 0 Å². The molecule has 3 saturated carbocycles. The first kappa shape index (κ1) is 20.3. The van der Waals surface area contributed by atoms with Gasteiger partial charge in [-0.25, -0.2) is 9.97 Å². The minimum Gasteiger partial charge on any atom is -0.352 e. The molecule has 0 aliphatic heterocycles. The number of amides is 1. The highest BCUT2D eigenvalue weighted by Crippen LogP contribution is 2.69. The number of nitrogens with zero attached hydrogens (tertiary/aromatic N) is 4. The van der Waals surface area contributed by atoms with Crippen LogP contribution in [0.4, 0.5) is 5.95 Å². The fourth-order valence-corrected chi connectivity index (χ4v) is 6.31. The van der Waals surface area contributed by atoms with Gasteiger partial charge in [0.1, 0.15) is 0 Å². The fourth-order valence-electron chi connectivity index (χ4n) is 6.31. The second-order valence-electron chi connectivity index (χ2n) is 9.99. The standard InChI is InChI=1S/C27H29N5O/c1-32(2)27-30-15-21(17-9-11-28-12-10-17)25(31-27)18-5-3-16(4-6-18)14-29-26(33)24-22-19-7-8-20(13-19)23(22)24/h3-6,9-12,15,19-20,22-24H,7-8,13-14H2,1-2H3,(H,29,33)/t19-,20-,22-,23-/m0/s1. The Kier molecular flexibility index (Phi) is 4.89. The number of rotatable bonds is 6. The van der Waals surface area contributed by atoms with E-state index in [1.54, 1.807) is 12.4 Å². The largest absolute Gasteiger partial charge is 0.352 e. The zero-order chi connectivity index (χ0) is 22.5. The molecule has 2 bridgehead atoms. The first-order chi connectivity index (χ1) is 16.1. The number of anilines is 1. The summed E-state index contributed by atoms with van der Waals surface area (Å²) in [5.74, 6) is 4.22. The van der Waals surface area contributed by atoms with Gasteiger partial charge in [0.2, 0.25) is 11.9 Å². The third-order valence-corrected chi connectivity index (χ3v) is 7.90. The Balaban J connectivity index is 1.19. The second-order valence-corrected chi connectivity index (χ2v) is 9.99. The molecule has 3 aromatic rings. The van der Waals surface area contributed by atoms with Crippen molar-refractivity contribution in [2.75, 3.05) is 19.0 Å². The maximum atomic E-state index is 12.8. The Morgan fingerprint density at radius 3 is 2.36 bits per heavy atom. The lowest BCUT2D eigenvalue weighted by Gasteiger charge is -2.15.